The third kappa shape index (κ3) is 4.56. The lowest BCUT2D eigenvalue weighted by Gasteiger charge is -2.08. The molecule has 1 amide bonds. The second-order valence-electron chi connectivity index (χ2n) is 4.94. The SMILES string of the molecule is Cc1noc(=O)n1C/C(F)=C\CCC(C)C(=O)Nc1nn[nH]n1. The summed E-state index contributed by atoms with van der Waals surface area (Å²) in [5, 5.41) is 18.7. The van der Waals surface area contributed by atoms with E-state index in [1.54, 1.807) is 13.8 Å². The summed E-state index contributed by atoms with van der Waals surface area (Å²) < 4.78 is 19.3. The molecule has 0 bridgehead atoms. The molecule has 0 saturated carbocycles. The maximum absolute atomic E-state index is 13.8. The van der Waals surface area contributed by atoms with Crippen molar-refractivity contribution in [1.82, 2.24) is 30.3 Å². The highest BCUT2D eigenvalue weighted by atomic mass is 19.1. The van der Waals surface area contributed by atoms with E-state index in [-0.39, 0.29) is 24.3 Å². The number of aryl methyl sites for hydroxylation is 1. The van der Waals surface area contributed by atoms with Crippen LogP contribution in [0.15, 0.2) is 21.2 Å². The van der Waals surface area contributed by atoms with Gasteiger partial charge in [-0.1, -0.05) is 23.3 Å². The fraction of sp³-hybridized carbons (Fsp3) is 0.500. The molecule has 0 fully saturated rings. The molecule has 1 unspecified atom stereocenters. The van der Waals surface area contributed by atoms with Gasteiger partial charge in [0.15, 0.2) is 5.82 Å². The minimum Gasteiger partial charge on any atom is -0.296 e. The first-order valence-electron chi connectivity index (χ1n) is 6.89. The van der Waals surface area contributed by atoms with Crippen LogP contribution in [0.3, 0.4) is 0 Å². The first-order chi connectivity index (χ1) is 11.0. The van der Waals surface area contributed by atoms with Crippen molar-refractivity contribution in [3.8, 4) is 0 Å². The molecule has 2 N–H and O–H groups in total. The Bertz CT molecular complexity index is 734. The third-order valence-electron chi connectivity index (χ3n) is 3.17. The Morgan fingerprint density at radius 2 is 2.35 bits per heavy atom. The molecule has 2 aromatic rings. The number of nitrogens with one attached hydrogen (secondary N) is 2. The van der Waals surface area contributed by atoms with Crippen LogP contribution >= 0.6 is 0 Å². The van der Waals surface area contributed by atoms with Crippen molar-refractivity contribution in [1.29, 1.82) is 0 Å². The van der Waals surface area contributed by atoms with Gasteiger partial charge in [-0.15, -0.1) is 5.10 Å². The number of H-pyrrole nitrogens is 1. The average molecular weight is 325 g/mol. The number of halogens is 1. The van der Waals surface area contributed by atoms with Crippen molar-refractivity contribution in [2.45, 2.75) is 33.2 Å². The molecule has 23 heavy (non-hydrogen) atoms. The Labute approximate surface area is 129 Å². The van der Waals surface area contributed by atoms with Gasteiger partial charge in [-0.25, -0.2) is 9.18 Å². The second-order valence-corrected chi connectivity index (χ2v) is 4.94. The standard InChI is InChI=1S/C12H16FN7O3/c1-7(10(21)14-11-15-18-19-16-11)4-3-5-9(13)6-20-8(2)17-23-12(20)22/h5,7H,3-4,6H2,1-2H3,(H2,14,15,16,18,19,21)/b9-5+. The summed E-state index contributed by atoms with van der Waals surface area (Å²) in [7, 11) is 0. The number of hydrogen-bond acceptors (Lipinski definition) is 7. The maximum Gasteiger partial charge on any atom is 0.441 e. The van der Waals surface area contributed by atoms with Crippen molar-refractivity contribution < 1.29 is 13.7 Å². The van der Waals surface area contributed by atoms with Crippen LogP contribution < -0.4 is 11.1 Å². The predicted octanol–water partition coefficient (Wildman–Crippen LogP) is 0.566. The maximum atomic E-state index is 13.8. The summed E-state index contributed by atoms with van der Waals surface area (Å²) in [6.45, 7) is 3.01. The molecule has 0 aliphatic rings. The summed E-state index contributed by atoms with van der Waals surface area (Å²) in [5.41, 5.74) is 0. The minimum atomic E-state index is -0.709. The number of nitrogens with zero attached hydrogens (tertiary/aromatic N) is 5. The van der Waals surface area contributed by atoms with Crippen LogP contribution in [0.25, 0.3) is 0 Å². The minimum absolute atomic E-state index is 0.0888. The number of amides is 1. The number of carbonyl (C=O) groups excluding carboxylic acids is 1. The Kier molecular flexibility index (Phi) is 5.33. The molecular formula is C12H16FN7O3. The zero-order valence-corrected chi connectivity index (χ0v) is 12.6. The van der Waals surface area contributed by atoms with Gasteiger partial charge >= 0.3 is 5.76 Å². The number of aromatic amines is 1. The highest BCUT2D eigenvalue weighted by molar-refractivity contribution is 5.90. The number of hydrogen-bond donors (Lipinski definition) is 2. The molecule has 0 spiro atoms. The topological polar surface area (TPSA) is 132 Å². The van der Waals surface area contributed by atoms with Gasteiger partial charge in [0, 0.05) is 5.92 Å². The number of anilines is 1. The molecule has 0 aliphatic carbocycles. The van der Waals surface area contributed by atoms with E-state index in [2.05, 4.69) is 35.6 Å². The van der Waals surface area contributed by atoms with Gasteiger partial charge < -0.3 is 0 Å². The average Bonchev–Trinajstić information content (AvgIpc) is 3.12. The van der Waals surface area contributed by atoms with Crippen molar-refractivity contribution >= 4 is 11.9 Å². The van der Waals surface area contributed by atoms with Crippen LogP contribution in [-0.2, 0) is 11.3 Å². The van der Waals surface area contributed by atoms with Crippen molar-refractivity contribution in [3.05, 3.63) is 28.3 Å². The van der Waals surface area contributed by atoms with Gasteiger partial charge in [0.2, 0.25) is 5.91 Å². The molecule has 0 radical (unpaired) electrons. The van der Waals surface area contributed by atoms with Gasteiger partial charge in [-0.05, 0) is 25.0 Å². The molecule has 2 rings (SSSR count). The lowest BCUT2D eigenvalue weighted by Crippen LogP contribution is -2.21. The van der Waals surface area contributed by atoms with E-state index in [4.69, 9.17) is 0 Å². The van der Waals surface area contributed by atoms with E-state index in [0.717, 1.165) is 4.57 Å². The summed E-state index contributed by atoms with van der Waals surface area (Å²) in [4.78, 5) is 23.1. The van der Waals surface area contributed by atoms with Crippen LogP contribution in [-0.4, -0.2) is 36.3 Å². The van der Waals surface area contributed by atoms with E-state index in [1.807, 2.05) is 0 Å². The number of tetrazole rings is 1. The zero-order valence-electron chi connectivity index (χ0n) is 12.6. The fourth-order valence-electron chi connectivity index (χ4n) is 1.80. The van der Waals surface area contributed by atoms with Crippen molar-refractivity contribution in [2.75, 3.05) is 5.32 Å². The highest BCUT2D eigenvalue weighted by Gasteiger charge is 2.14. The molecule has 124 valence electrons. The van der Waals surface area contributed by atoms with E-state index in [9.17, 15) is 14.0 Å². The van der Waals surface area contributed by atoms with E-state index in [1.165, 1.54) is 6.08 Å². The Balaban J connectivity index is 1.80. The van der Waals surface area contributed by atoms with Crippen molar-refractivity contribution in [2.24, 2.45) is 5.92 Å². The predicted molar refractivity (Wildman–Crippen MR) is 75.9 cm³/mol. The molecular weight excluding hydrogens is 309 g/mol. The number of rotatable bonds is 7. The molecule has 1 atom stereocenters. The Morgan fingerprint density at radius 1 is 1.57 bits per heavy atom. The molecule has 11 heteroatoms. The van der Waals surface area contributed by atoms with Crippen molar-refractivity contribution in [3.63, 3.8) is 0 Å². The molecule has 2 heterocycles. The first kappa shape index (κ1) is 16.5. The number of carbonyl (C=O) groups is 1. The Hall–Kier alpha value is -2.85. The smallest absolute Gasteiger partial charge is 0.296 e. The lowest BCUT2D eigenvalue weighted by molar-refractivity contribution is -0.119. The molecule has 0 saturated heterocycles. The number of allylic oxidation sites excluding steroid dienone is 2. The first-order valence-corrected chi connectivity index (χ1v) is 6.89. The normalized spacial score (nSPS) is 13.1. The summed E-state index contributed by atoms with van der Waals surface area (Å²) >= 11 is 0. The van der Waals surface area contributed by atoms with Crippen LogP contribution in [0.2, 0.25) is 0 Å². The van der Waals surface area contributed by atoms with E-state index in [0.29, 0.717) is 18.7 Å². The quantitative estimate of drug-likeness (QED) is 0.760. The third-order valence-corrected chi connectivity index (χ3v) is 3.17. The lowest BCUT2D eigenvalue weighted by atomic mass is 10.0. The second kappa shape index (κ2) is 7.42. The number of aromatic nitrogens is 6. The molecule has 0 aromatic carbocycles. The van der Waals surface area contributed by atoms with Gasteiger partial charge in [-0.2, -0.15) is 5.21 Å². The van der Waals surface area contributed by atoms with E-state index < -0.39 is 11.6 Å². The van der Waals surface area contributed by atoms with Gasteiger partial charge in [0.05, 0.1) is 6.54 Å². The zero-order chi connectivity index (χ0) is 16.8. The fourth-order valence-corrected chi connectivity index (χ4v) is 1.80. The highest BCUT2D eigenvalue weighted by Crippen LogP contribution is 2.11. The van der Waals surface area contributed by atoms with Crippen LogP contribution in [0.4, 0.5) is 10.3 Å². The molecule has 2 aromatic heterocycles. The van der Waals surface area contributed by atoms with Gasteiger partial charge in [0.1, 0.15) is 5.83 Å². The summed E-state index contributed by atoms with van der Waals surface area (Å²) in [6, 6.07) is 0. The monoisotopic (exact) mass is 325 g/mol. The van der Waals surface area contributed by atoms with Crippen LogP contribution in [0, 0.1) is 12.8 Å². The van der Waals surface area contributed by atoms with Gasteiger partial charge in [0.25, 0.3) is 5.95 Å². The molecule has 10 nitrogen and oxygen atoms in total. The summed E-state index contributed by atoms with van der Waals surface area (Å²) in [5.74, 6) is -1.47. The largest absolute Gasteiger partial charge is 0.441 e. The van der Waals surface area contributed by atoms with E-state index >= 15 is 0 Å². The van der Waals surface area contributed by atoms with Gasteiger partial charge in [-0.3, -0.25) is 19.2 Å². The summed E-state index contributed by atoms with van der Waals surface area (Å²) in [6.07, 6.45) is 2.09. The van der Waals surface area contributed by atoms with Crippen LogP contribution in [0.1, 0.15) is 25.6 Å². The van der Waals surface area contributed by atoms with Crippen LogP contribution in [0.5, 0.6) is 0 Å². The Morgan fingerprint density at radius 3 is 2.96 bits per heavy atom. The molecule has 0 aliphatic heterocycles.